The maximum Gasteiger partial charge on any atom is 0.167 e. The Hall–Kier alpha value is -1.25. The summed E-state index contributed by atoms with van der Waals surface area (Å²) in [6.45, 7) is 6.93. The van der Waals surface area contributed by atoms with Crippen molar-refractivity contribution >= 4 is 5.69 Å². The molecule has 0 amide bonds. The first-order valence-electron chi connectivity index (χ1n) is 8.27. The first-order chi connectivity index (χ1) is 10.1. The fraction of sp³-hybridized carbons (Fsp3) is 0.667. The molecule has 1 fully saturated rings. The molecule has 118 valence electrons. The standard InChI is InChI=1S/C18H28FNO/c1-4-21-18-9-8-16(12-17(18)19)20-15-7-5-6-14(11-15)10-13(2)3/h8-9,12-15,20H,4-7,10-11H2,1-3H3. The van der Waals surface area contributed by atoms with Crippen LogP contribution in [0, 0.1) is 17.7 Å². The topological polar surface area (TPSA) is 21.3 Å². The predicted octanol–water partition coefficient (Wildman–Crippen LogP) is 5.24. The van der Waals surface area contributed by atoms with Gasteiger partial charge in [-0.05, 0) is 50.2 Å². The molecule has 2 nitrogen and oxygen atoms in total. The molecule has 0 heterocycles. The molecule has 0 aromatic heterocycles. The largest absolute Gasteiger partial charge is 0.491 e. The van der Waals surface area contributed by atoms with Gasteiger partial charge < -0.3 is 10.1 Å². The van der Waals surface area contributed by atoms with E-state index in [1.807, 2.05) is 13.0 Å². The van der Waals surface area contributed by atoms with Gasteiger partial charge in [-0.1, -0.05) is 26.7 Å². The molecule has 0 radical (unpaired) electrons. The van der Waals surface area contributed by atoms with Crippen molar-refractivity contribution in [1.82, 2.24) is 0 Å². The summed E-state index contributed by atoms with van der Waals surface area (Å²) in [5, 5.41) is 3.50. The number of anilines is 1. The zero-order chi connectivity index (χ0) is 15.2. The van der Waals surface area contributed by atoms with E-state index in [-0.39, 0.29) is 5.82 Å². The second-order valence-corrected chi connectivity index (χ2v) is 6.58. The van der Waals surface area contributed by atoms with Crippen molar-refractivity contribution in [2.45, 2.75) is 58.9 Å². The van der Waals surface area contributed by atoms with Crippen molar-refractivity contribution in [3.8, 4) is 5.75 Å². The molecule has 1 saturated carbocycles. The Balaban J connectivity index is 1.93. The van der Waals surface area contributed by atoms with Crippen LogP contribution < -0.4 is 10.1 Å². The Bertz CT molecular complexity index is 447. The van der Waals surface area contributed by atoms with Gasteiger partial charge >= 0.3 is 0 Å². The number of ether oxygens (including phenoxy) is 1. The third-order valence-corrected chi connectivity index (χ3v) is 4.19. The molecule has 3 heteroatoms. The summed E-state index contributed by atoms with van der Waals surface area (Å²) in [6, 6.07) is 5.66. The molecule has 21 heavy (non-hydrogen) atoms. The van der Waals surface area contributed by atoms with Gasteiger partial charge in [0.05, 0.1) is 6.61 Å². The maximum atomic E-state index is 13.9. The number of benzene rings is 1. The normalized spacial score (nSPS) is 22.3. The van der Waals surface area contributed by atoms with Crippen LogP contribution in [-0.2, 0) is 0 Å². The van der Waals surface area contributed by atoms with E-state index in [0.717, 1.165) is 17.5 Å². The van der Waals surface area contributed by atoms with Crippen LogP contribution in [0.1, 0.15) is 52.9 Å². The van der Waals surface area contributed by atoms with E-state index in [1.165, 1.54) is 32.1 Å². The third-order valence-electron chi connectivity index (χ3n) is 4.19. The third kappa shape index (κ3) is 4.90. The lowest BCUT2D eigenvalue weighted by atomic mass is 9.81. The van der Waals surface area contributed by atoms with E-state index in [0.29, 0.717) is 18.4 Å². The molecule has 1 N–H and O–H groups in total. The highest BCUT2D eigenvalue weighted by Crippen LogP contribution is 2.31. The molecule has 0 bridgehead atoms. The molecular weight excluding hydrogens is 265 g/mol. The lowest BCUT2D eigenvalue weighted by Crippen LogP contribution is -2.28. The first-order valence-corrected chi connectivity index (χ1v) is 8.27. The van der Waals surface area contributed by atoms with Crippen molar-refractivity contribution in [1.29, 1.82) is 0 Å². The van der Waals surface area contributed by atoms with Crippen LogP contribution in [0.4, 0.5) is 10.1 Å². The molecule has 1 aliphatic carbocycles. The fourth-order valence-corrected chi connectivity index (χ4v) is 3.40. The number of hydrogen-bond donors (Lipinski definition) is 1. The van der Waals surface area contributed by atoms with Crippen LogP contribution in [0.5, 0.6) is 5.75 Å². The molecule has 0 spiro atoms. The zero-order valence-corrected chi connectivity index (χ0v) is 13.5. The van der Waals surface area contributed by atoms with Crippen LogP contribution in [0.15, 0.2) is 18.2 Å². The number of rotatable bonds is 6. The van der Waals surface area contributed by atoms with Gasteiger partial charge in [-0.25, -0.2) is 4.39 Å². The molecule has 2 rings (SSSR count). The van der Waals surface area contributed by atoms with Crippen LogP contribution in [-0.4, -0.2) is 12.6 Å². The summed E-state index contributed by atoms with van der Waals surface area (Å²) in [7, 11) is 0. The lowest BCUT2D eigenvalue weighted by molar-refractivity contribution is 0.289. The SMILES string of the molecule is CCOc1ccc(NC2CCCC(CC(C)C)C2)cc1F. The molecular formula is C18H28FNO. The van der Waals surface area contributed by atoms with Crippen molar-refractivity contribution in [2.75, 3.05) is 11.9 Å². The van der Waals surface area contributed by atoms with Gasteiger partial charge in [-0.2, -0.15) is 0 Å². The molecule has 0 saturated heterocycles. The number of nitrogens with one attached hydrogen (secondary N) is 1. The summed E-state index contributed by atoms with van der Waals surface area (Å²) in [5.41, 5.74) is 0.867. The number of halogens is 1. The summed E-state index contributed by atoms with van der Waals surface area (Å²) < 4.78 is 19.1. The van der Waals surface area contributed by atoms with Gasteiger partial charge in [-0.15, -0.1) is 0 Å². The summed E-state index contributed by atoms with van der Waals surface area (Å²) in [5.74, 6) is 1.63. The number of hydrogen-bond acceptors (Lipinski definition) is 2. The van der Waals surface area contributed by atoms with E-state index in [9.17, 15) is 4.39 Å². The summed E-state index contributed by atoms with van der Waals surface area (Å²) in [6.07, 6.45) is 6.30. The second-order valence-electron chi connectivity index (χ2n) is 6.58. The highest BCUT2D eigenvalue weighted by Gasteiger charge is 2.22. The van der Waals surface area contributed by atoms with Crippen LogP contribution >= 0.6 is 0 Å². The average Bonchev–Trinajstić information content (AvgIpc) is 2.42. The first kappa shape index (κ1) is 16.1. The van der Waals surface area contributed by atoms with Gasteiger partial charge in [0.2, 0.25) is 0 Å². The maximum absolute atomic E-state index is 13.9. The van der Waals surface area contributed by atoms with Gasteiger partial charge in [0, 0.05) is 17.8 Å². The van der Waals surface area contributed by atoms with E-state index in [4.69, 9.17) is 4.74 Å². The minimum atomic E-state index is -0.281. The molecule has 2 unspecified atom stereocenters. The lowest BCUT2D eigenvalue weighted by Gasteiger charge is -2.31. The minimum Gasteiger partial charge on any atom is -0.491 e. The van der Waals surface area contributed by atoms with Crippen LogP contribution in [0.3, 0.4) is 0 Å². The van der Waals surface area contributed by atoms with Crippen LogP contribution in [0.25, 0.3) is 0 Å². The molecule has 1 aliphatic rings. The highest BCUT2D eigenvalue weighted by molar-refractivity contribution is 5.48. The van der Waals surface area contributed by atoms with Gasteiger partial charge in [0.1, 0.15) is 0 Å². The van der Waals surface area contributed by atoms with Gasteiger partial charge in [0.15, 0.2) is 11.6 Å². The van der Waals surface area contributed by atoms with Gasteiger partial charge in [-0.3, -0.25) is 0 Å². The zero-order valence-electron chi connectivity index (χ0n) is 13.5. The summed E-state index contributed by atoms with van der Waals surface area (Å²) in [4.78, 5) is 0. The van der Waals surface area contributed by atoms with E-state index in [2.05, 4.69) is 19.2 Å². The highest BCUT2D eigenvalue weighted by atomic mass is 19.1. The Labute approximate surface area is 128 Å². The Morgan fingerprint density at radius 2 is 2.14 bits per heavy atom. The molecule has 1 aromatic carbocycles. The van der Waals surface area contributed by atoms with Crippen molar-refractivity contribution < 1.29 is 9.13 Å². The Morgan fingerprint density at radius 1 is 1.33 bits per heavy atom. The van der Waals surface area contributed by atoms with E-state index >= 15 is 0 Å². The van der Waals surface area contributed by atoms with Crippen LogP contribution in [0.2, 0.25) is 0 Å². The summed E-state index contributed by atoms with van der Waals surface area (Å²) >= 11 is 0. The van der Waals surface area contributed by atoms with Crippen molar-refractivity contribution in [3.05, 3.63) is 24.0 Å². The average molecular weight is 293 g/mol. The van der Waals surface area contributed by atoms with Gasteiger partial charge in [0.25, 0.3) is 0 Å². The minimum absolute atomic E-state index is 0.281. The smallest absolute Gasteiger partial charge is 0.167 e. The molecule has 2 atom stereocenters. The predicted molar refractivity (Wildman–Crippen MR) is 86.4 cm³/mol. The van der Waals surface area contributed by atoms with Crippen molar-refractivity contribution in [2.24, 2.45) is 11.8 Å². The van der Waals surface area contributed by atoms with E-state index < -0.39 is 0 Å². The van der Waals surface area contributed by atoms with E-state index in [1.54, 1.807) is 12.1 Å². The quantitative estimate of drug-likeness (QED) is 0.774. The monoisotopic (exact) mass is 293 g/mol. The van der Waals surface area contributed by atoms with Crippen molar-refractivity contribution in [3.63, 3.8) is 0 Å². The molecule has 0 aliphatic heterocycles. The Morgan fingerprint density at radius 3 is 2.81 bits per heavy atom. The second kappa shape index (κ2) is 7.67. The molecule has 1 aromatic rings. The fourth-order valence-electron chi connectivity index (χ4n) is 3.40. The Kier molecular flexibility index (Phi) is 5.89.